The number of amides is 1. The van der Waals surface area contributed by atoms with E-state index < -0.39 is 10.0 Å². The highest BCUT2D eigenvalue weighted by molar-refractivity contribution is 7.92. The summed E-state index contributed by atoms with van der Waals surface area (Å²) in [5, 5.41) is 2.67. The van der Waals surface area contributed by atoms with Crippen LogP contribution in [0.1, 0.15) is 23.6 Å². The fraction of sp³-hybridized carbons (Fsp3) is 0.235. The van der Waals surface area contributed by atoms with Crippen LogP contribution >= 0.6 is 0 Å². The summed E-state index contributed by atoms with van der Waals surface area (Å²) in [6.45, 7) is 6.77. The van der Waals surface area contributed by atoms with Crippen LogP contribution in [-0.2, 0) is 14.8 Å². The highest BCUT2D eigenvalue weighted by Crippen LogP contribution is 2.26. The second-order valence-electron chi connectivity index (χ2n) is 5.59. The van der Waals surface area contributed by atoms with Crippen LogP contribution in [0.5, 0.6) is 0 Å². The molecule has 0 spiro atoms. The lowest BCUT2D eigenvalue weighted by atomic mass is 10.1. The van der Waals surface area contributed by atoms with Gasteiger partial charge in [-0.15, -0.1) is 0 Å². The summed E-state index contributed by atoms with van der Waals surface area (Å²) in [6.07, 6.45) is 0. The van der Waals surface area contributed by atoms with Gasteiger partial charge in [-0.25, -0.2) is 8.42 Å². The minimum Gasteiger partial charge on any atom is -0.326 e. The van der Waals surface area contributed by atoms with Crippen LogP contribution < -0.4 is 10.0 Å². The van der Waals surface area contributed by atoms with Crippen molar-refractivity contribution in [1.82, 2.24) is 0 Å². The summed E-state index contributed by atoms with van der Waals surface area (Å²) in [6, 6.07) is 10.4. The number of carbonyl (C=O) groups excluding carboxylic acids is 1. The van der Waals surface area contributed by atoms with E-state index in [9.17, 15) is 13.2 Å². The Morgan fingerprint density at radius 2 is 1.43 bits per heavy atom. The maximum atomic E-state index is 12.7. The van der Waals surface area contributed by atoms with Crippen molar-refractivity contribution in [3.8, 4) is 0 Å². The average Bonchev–Trinajstić information content (AvgIpc) is 2.39. The Labute approximate surface area is 136 Å². The van der Waals surface area contributed by atoms with Gasteiger partial charge in [0.25, 0.3) is 10.0 Å². The molecule has 2 aromatic rings. The number of aryl methyl sites for hydroxylation is 3. The van der Waals surface area contributed by atoms with Crippen LogP contribution in [0.2, 0.25) is 0 Å². The monoisotopic (exact) mass is 332 g/mol. The first-order chi connectivity index (χ1) is 10.7. The maximum Gasteiger partial charge on any atom is 0.262 e. The highest BCUT2D eigenvalue weighted by atomic mass is 32.2. The van der Waals surface area contributed by atoms with Gasteiger partial charge in [-0.3, -0.25) is 9.52 Å². The molecule has 0 aromatic heterocycles. The van der Waals surface area contributed by atoms with Crippen molar-refractivity contribution in [1.29, 1.82) is 0 Å². The summed E-state index contributed by atoms with van der Waals surface area (Å²) in [4.78, 5) is 11.4. The Morgan fingerprint density at radius 1 is 0.913 bits per heavy atom. The second kappa shape index (κ2) is 6.42. The molecule has 0 aliphatic rings. The molecule has 122 valence electrons. The fourth-order valence-electron chi connectivity index (χ4n) is 2.48. The Kier molecular flexibility index (Phi) is 4.75. The normalized spacial score (nSPS) is 11.1. The van der Waals surface area contributed by atoms with E-state index in [1.165, 1.54) is 6.92 Å². The third-order valence-corrected chi connectivity index (χ3v) is 5.04. The van der Waals surface area contributed by atoms with Gasteiger partial charge in [-0.2, -0.15) is 0 Å². The zero-order valence-electron chi connectivity index (χ0n) is 13.6. The Balaban J connectivity index is 2.39. The molecular formula is C17H20N2O3S. The van der Waals surface area contributed by atoms with Gasteiger partial charge >= 0.3 is 0 Å². The van der Waals surface area contributed by atoms with Crippen molar-refractivity contribution in [2.45, 2.75) is 32.6 Å². The van der Waals surface area contributed by atoms with E-state index in [0.29, 0.717) is 22.5 Å². The standard InChI is InChI=1S/C17H20N2O3S/c1-11-5-7-15(8-6-11)19-23(21,22)17-12(2)9-16(10-13(17)3)18-14(4)20/h5-10,19H,1-4H3,(H,18,20). The average molecular weight is 332 g/mol. The summed E-state index contributed by atoms with van der Waals surface area (Å²) in [7, 11) is -3.70. The molecule has 0 atom stereocenters. The topological polar surface area (TPSA) is 75.3 Å². The second-order valence-corrected chi connectivity index (χ2v) is 7.21. The van der Waals surface area contributed by atoms with Crippen molar-refractivity contribution in [2.24, 2.45) is 0 Å². The number of sulfonamides is 1. The largest absolute Gasteiger partial charge is 0.326 e. The number of carbonyl (C=O) groups is 1. The first kappa shape index (κ1) is 17.0. The van der Waals surface area contributed by atoms with E-state index in [0.717, 1.165) is 5.56 Å². The quantitative estimate of drug-likeness (QED) is 0.901. The zero-order valence-corrected chi connectivity index (χ0v) is 14.4. The molecule has 0 fully saturated rings. The third kappa shape index (κ3) is 4.10. The molecule has 0 heterocycles. The molecular weight excluding hydrogens is 312 g/mol. The summed E-state index contributed by atoms with van der Waals surface area (Å²) < 4.78 is 27.9. The molecule has 0 unspecified atom stereocenters. The lowest BCUT2D eigenvalue weighted by Gasteiger charge is -2.15. The summed E-state index contributed by atoms with van der Waals surface area (Å²) in [5.74, 6) is -0.197. The molecule has 0 aliphatic heterocycles. The zero-order chi connectivity index (χ0) is 17.2. The van der Waals surface area contributed by atoms with Crippen LogP contribution in [-0.4, -0.2) is 14.3 Å². The first-order valence-electron chi connectivity index (χ1n) is 7.17. The van der Waals surface area contributed by atoms with Crippen LogP contribution in [0.4, 0.5) is 11.4 Å². The molecule has 23 heavy (non-hydrogen) atoms. The lowest BCUT2D eigenvalue weighted by molar-refractivity contribution is -0.114. The number of anilines is 2. The summed E-state index contributed by atoms with van der Waals surface area (Å²) in [5.41, 5.74) is 3.31. The van der Waals surface area contributed by atoms with Gasteiger partial charge in [-0.1, -0.05) is 17.7 Å². The Hall–Kier alpha value is -2.34. The van der Waals surface area contributed by atoms with Gasteiger partial charge in [-0.05, 0) is 56.2 Å². The molecule has 2 N–H and O–H groups in total. The van der Waals surface area contributed by atoms with Gasteiger partial charge in [0.15, 0.2) is 0 Å². The van der Waals surface area contributed by atoms with Crippen molar-refractivity contribution >= 4 is 27.3 Å². The van der Waals surface area contributed by atoms with E-state index in [1.54, 1.807) is 38.1 Å². The predicted octanol–water partition coefficient (Wildman–Crippen LogP) is 3.37. The van der Waals surface area contributed by atoms with Crippen LogP contribution in [0.25, 0.3) is 0 Å². The van der Waals surface area contributed by atoms with Gasteiger partial charge in [0.1, 0.15) is 0 Å². The Morgan fingerprint density at radius 3 is 1.91 bits per heavy atom. The molecule has 1 amide bonds. The number of hydrogen-bond donors (Lipinski definition) is 2. The molecule has 0 aliphatic carbocycles. The third-order valence-electron chi connectivity index (χ3n) is 3.35. The van der Waals surface area contributed by atoms with E-state index in [1.807, 2.05) is 19.1 Å². The Bertz CT molecular complexity index is 818. The smallest absolute Gasteiger partial charge is 0.262 e. The highest BCUT2D eigenvalue weighted by Gasteiger charge is 2.20. The fourth-order valence-corrected chi connectivity index (χ4v) is 3.99. The van der Waals surface area contributed by atoms with Gasteiger partial charge < -0.3 is 5.32 Å². The van der Waals surface area contributed by atoms with Crippen molar-refractivity contribution < 1.29 is 13.2 Å². The minimum absolute atomic E-state index is 0.197. The molecule has 6 heteroatoms. The maximum absolute atomic E-state index is 12.7. The first-order valence-corrected chi connectivity index (χ1v) is 8.65. The summed E-state index contributed by atoms with van der Waals surface area (Å²) >= 11 is 0. The molecule has 0 radical (unpaired) electrons. The number of nitrogens with one attached hydrogen (secondary N) is 2. The van der Waals surface area contributed by atoms with Gasteiger partial charge in [0, 0.05) is 18.3 Å². The molecule has 0 saturated carbocycles. The minimum atomic E-state index is -3.70. The lowest BCUT2D eigenvalue weighted by Crippen LogP contribution is -2.16. The van der Waals surface area contributed by atoms with Crippen molar-refractivity contribution in [3.63, 3.8) is 0 Å². The van der Waals surface area contributed by atoms with E-state index >= 15 is 0 Å². The van der Waals surface area contributed by atoms with Crippen molar-refractivity contribution in [3.05, 3.63) is 53.1 Å². The van der Waals surface area contributed by atoms with Crippen LogP contribution in [0.3, 0.4) is 0 Å². The molecule has 0 bridgehead atoms. The van der Waals surface area contributed by atoms with E-state index in [4.69, 9.17) is 0 Å². The van der Waals surface area contributed by atoms with Crippen molar-refractivity contribution in [2.75, 3.05) is 10.0 Å². The van der Waals surface area contributed by atoms with Crippen LogP contribution in [0, 0.1) is 20.8 Å². The van der Waals surface area contributed by atoms with E-state index in [2.05, 4.69) is 10.0 Å². The number of rotatable bonds is 4. The predicted molar refractivity (Wildman–Crippen MR) is 92.2 cm³/mol. The molecule has 2 rings (SSSR count). The molecule has 0 saturated heterocycles. The molecule has 2 aromatic carbocycles. The van der Waals surface area contributed by atoms with E-state index in [-0.39, 0.29) is 10.8 Å². The SMILES string of the molecule is CC(=O)Nc1cc(C)c(S(=O)(=O)Nc2ccc(C)cc2)c(C)c1. The van der Waals surface area contributed by atoms with Crippen LogP contribution in [0.15, 0.2) is 41.3 Å². The number of benzene rings is 2. The molecule has 5 nitrogen and oxygen atoms in total. The number of hydrogen-bond acceptors (Lipinski definition) is 3. The van der Waals surface area contributed by atoms with Gasteiger partial charge in [0.2, 0.25) is 5.91 Å². The van der Waals surface area contributed by atoms with Gasteiger partial charge in [0.05, 0.1) is 4.90 Å².